The highest BCUT2D eigenvalue weighted by Gasteiger charge is 2.36. The molecule has 8 nitrogen and oxygen atoms in total. The van der Waals surface area contributed by atoms with E-state index in [0.717, 1.165) is 33.5 Å². The Kier molecular flexibility index (Phi) is 7.89. The molecule has 0 bridgehead atoms. The highest BCUT2D eigenvalue weighted by atomic mass is 32.2. The van der Waals surface area contributed by atoms with E-state index in [1.54, 1.807) is 37.3 Å². The maximum atomic E-state index is 12.4. The van der Waals surface area contributed by atoms with Crippen molar-refractivity contribution in [1.29, 1.82) is 0 Å². The van der Waals surface area contributed by atoms with Gasteiger partial charge in [0.2, 0.25) is 0 Å². The van der Waals surface area contributed by atoms with Gasteiger partial charge in [0.25, 0.3) is 17.1 Å². The molecule has 3 rings (SSSR count). The molecule has 1 aliphatic rings. The summed E-state index contributed by atoms with van der Waals surface area (Å²) in [5.41, 5.74) is 3.50. The molecule has 0 aromatic heterocycles. The third kappa shape index (κ3) is 6.45. The second kappa shape index (κ2) is 10.8. The molecular weight excluding hydrogens is 444 g/mol. The standard InChI is InChI=1S/C24H24N2O6S/c1-4-31-22(28)13-26-23(29)20(33-24(26)30)12-17-6-8-18(9-7-17)32-14-21(27)25-19-10-5-15(2)11-16(19)3/h5-12H,4,13-14H2,1-3H3,(H,25,27)/b20-12-. The average molecular weight is 469 g/mol. The molecule has 1 fully saturated rings. The lowest BCUT2D eigenvalue weighted by Crippen LogP contribution is -2.34. The number of nitrogens with one attached hydrogen (secondary N) is 1. The van der Waals surface area contributed by atoms with Gasteiger partial charge in [-0.15, -0.1) is 0 Å². The summed E-state index contributed by atoms with van der Waals surface area (Å²) in [5.74, 6) is -0.967. The van der Waals surface area contributed by atoms with E-state index in [9.17, 15) is 19.2 Å². The Labute approximate surface area is 195 Å². The number of anilines is 1. The van der Waals surface area contributed by atoms with Gasteiger partial charge in [-0.3, -0.25) is 24.1 Å². The lowest BCUT2D eigenvalue weighted by Gasteiger charge is -2.11. The van der Waals surface area contributed by atoms with Crippen molar-refractivity contribution in [3.05, 3.63) is 64.1 Å². The Hall–Kier alpha value is -3.59. The molecule has 9 heteroatoms. The summed E-state index contributed by atoms with van der Waals surface area (Å²) >= 11 is 0.764. The Morgan fingerprint density at radius 1 is 1.09 bits per heavy atom. The van der Waals surface area contributed by atoms with Gasteiger partial charge in [-0.1, -0.05) is 29.8 Å². The fourth-order valence-corrected chi connectivity index (χ4v) is 3.91. The van der Waals surface area contributed by atoms with E-state index >= 15 is 0 Å². The van der Waals surface area contributed by atoms with Crippen LogP contribution < -0.4 is 10.1 Å². The number of imide groups is 1. The first-order valence-electron chi connectivity index (χ1n) is 10.3. The normalized spacial score (nSPS) is 14.5. The molecule has 0 aliphatic carbocycles. The second-order valence-electron chi connectivity index (χ2n) is 7.30. The lowest BCUT2D eigenvalue weighted by molar-refractivity contribution is -0.146. The fourth-order valence-electron chi connectivity index (χ4n) is 3.07. The minimum atomic E-state index is -0.635. The molecule has 0 radical (unpaired) electrons. The summed E-state index contributed by atoms with van der Waals surface area (Å²) in [6, 6.07) is 12.5. The number of aryl methyl sites for hydroxylation is 2. The van der Waals surface area contributed by atoms with Crippen molar-refractivity contribution >= 4 is 46.5 Å². The molecule has 172 valence electrons. The predicted octanol–water partition coefficient (Wildman–Crippen LogP) is 3.92. The van der Waals surface area contributed by atoms with Gasteiger partial charge in [0.1, 0.15) is 12.3 Å². The van der Waals surface area contributed by atoms with Crippen LogP contribution in [0.4, 0.5) is 10.5 Å². The molecule has 1 heterocycles. The number of rotatable bonds is 8. The highest BCUT2D eigenvalue weighted by molar-refractivity contribution is 8.18. The number of ether oxygens (including phenoxy) is 2. The number of amides is 3. The smallest absolute Gasteiger partial charge is 0.326 e. The zero-order valence-electron chi connectivity index (χ0n) is 18.5. The lowest BCUT2D eigenvalue weighted by atomic mass is 10.1. The van der Waals surface area contributed by atoms with Crippen LogP contribution in [0.2, 0.25) is 0 Å². The number of nitrogens with zero attached hydrogens (tertiary/aromatic N) is 1. The zero-order chi connectivity index (χ0) is 24.0. The van der Waals surface area contributed by atoms with Crippen molar-refractivity contribution in [2.75, 3.05) is 25.1 Å². The fraction of sp³-hybridized carbons (Fsp3) is 0.250. The van der Waals surface area contributed by atoms with Crippen LogP contribution in [0.5, 0.6) is 5.75 Å². The van der Waals surface area contributed by atoms with Crippen LogP contribution in [0.25, 0.3) is 6.08 Å². The van der Waals surface area contributed by atoms with Gasteiger partial charge < -0.3 is 14.8 Å². The third-order valence-corrected chi connectivity index (χ3v) is 5.58. The second-order valence-corrected chi connectivity index (χ2v) is 8.29. The molecule has 0 atom stereocenters. The monoisotopic (exact) mass is 468 g/mol. The van der Waals surface area contributed by atoms with E-state index in [2.05, 4.69) is 5.32 Å². The maximum absolute atomic E-state index is 12.4. The minimum Gasteiger partial charge on any atom is -0.484 e. The van der Waals surface area contributed by atoms with E-state index in [1.165, 1.54) is 0 Å². The first-order chi connectivity index (χ1) is 15.8. The molecular formula is C24H24N2O6S. The summed E-state index contributed by atoms with van der Waals surface area (Å²) in [6.07, 6.45) is 1.56. The van der Waals surface area contributed by atoms with Crippen molar-refractivity contribution in [2.24, 2.45) is 0 Å². The quantitative estimate of drug-likeness (QED) is 0.463. The van der Waals surface area contributed by atoms with Crippen LogP contribution in [0, 0.1) is 13.8 Å². The number of hydrogen-bond donors (Lipinski definition) is 1. The number of hydrogen-bond acceptors (Lipinski definition) is 7. The van der Waals surface area contributed by atoms with Crippen LogP contribution in [0.15, 0.2) is 47.4 Å². The van der Waals surface area contributed by atoms with Crippen molar-refractivity contribution in [3.8, 4) is 5.75 Å². The van der Waals surface area contributed by atoms with Crippen LogP contribution in [0.1, 0.15) is 23.6 Å². The molecule has 0 unspecified atom stereocenters. The highest BCUT2D eigenvalue weighted by Crippen LogP contribution is 2.32. The predicted molar refractivity (Wildman–Crippen MR) is 126 cm³/mol. The molecule has 3 amide bonds. The van der Waals surface area contributed by atoms with Crippen molar-refractivity contribution in [1.82, 2.24) is 4.90 Å². The summed E-state index contributed by atoms with van der Waals surface area (Å²) in [7, 11) is 0. The van der Waals surface area contributed by atoms with Crippen molar-refractivity contribution < 1.29 is 28.7 Å². The molecule has 1 N–H and O–H groups in total. The number of thioether (sulfide) groups is 1. The Bertz CT molecular complexity index is 1110. The van der Waals surface area contributed by atoms with Gasteiger partial charge in [-0.2, -0.15) is 0 Å². The van der Waals surface area contributed by atoms with Gasteiger partial charge in [-0.25, -0.2) is 0 Å². The molecule has 1 aliphatic heterocycles. The average Bonchev–Trinajstić information content (AvgIpc) is 3.03. The summed E-state index contributed by atoms with van der Waals surface area (Å²) < 4.78 is 10.3. The Morgan fingerprint density at radius 2 is 1.82 bits per heavy atom. The van der Waals surface area contributed by atoms with Crippen LogP contribution in [-0.4, -0.2) is 47.7 Å². The first-order valence-corrected chi connectivity index (χ1v) is 11.1. The Balaban J connectivity index is 1.56. The van der Waals surface area contributed by atoms with E-state index < -0.39 is 23.7 Å². The minimum absolute atomic E-state index is 0.153. The SMILES string of the molecule is CCOC(=O)CN1C(=O)S/C(=C\c2ccc(OCC(=O)Nc3ccc(C)cc3C)cc2)C1=O. The van der Waals surface area contributed by atoms with E-state index in [1.807, 2.05) is 32.0 Å². The molecule has 0 spiro atoms. The topological polar surface area (TPSA) is 102 Å². The number of carbonyl (C=O) groups excluding carboxylic acids is 4. The van der Waals surface area contributed by atoms with Crippen molar-refractivity contribution in [3.63, 3.8) is 0 Å². The summed E-state index contributed by atoms with van der Waals surface area (Å²) in [5, 5.41) is 2.30. The van der Waals surface area contributed by atoms with Gasteiger partial charge in [0.05, 0.1) is 11.5 Å². The van der Waals surface area contributed by atoms with Crippen LogP contribution >= 0.6 is 11.8 Å². The molecule has 1 saturated heterocycles. The molecule has 2 aromatic carbocycles. The van der Waals surface area contributed by atoms with Gasteiger partial charge in [0.15, 0.2) is 6.61 Å². The van der Waals surface area contributed by atoms with Crippen molar-refractivity contribution in [2.45, 2.75) is 20.8 Å². The van der Waals surface area contributed by atoms with Gasteiger partial charge in [-0.05, 0) is 67.9 Å². The molecule has 0 saturated carbocycles. The summed E-state index contributed by atoms with van der Waals surface area (Å²) in [4.78, 5) is 49.3. The van der Waals surface area contributed by atoms with Gasteiger partial charge >= 0.3 is 5.97 Å². The van der Waals surface area contributed by atoms with E-state index in [-0.39, 0.29) is 24.0 Å². The Morgan fingerprint density at radius 3 is 2.48 bits per heavy atom. The van der Waals surface area contributed by atoms with Crippen LogP contribution in [0.3, 0.4) is 0 Å². The maximum Gasteiger partial charge on any atom is 0.326 e. The number of carbonyl (C=O) groups is 4. The largest absolute Gasteiger partial charge is 0.484 e. The van der Waals surface area contributed by atoms with Crippen LogP contribution in [-0.2, 0) is 19.1 Å². The van der Waals surface area contributed by atoms with Gasteiger partial charge in [0, 0.05) is 5.69 Å². The first kappa shape index (κ1) is 24.1. The van der Waals surface area contributed by atoms with E-state index in [4.69, 9.17) is 9.47 Å². The number of esters is 1. The van der Waals surface area contributed by atoms with E-state index in [0.29, 0.717) is 11.3 Å². The number of benzene rings is 2. The summed E-state index contributed by atoms with van der Waals surface area (Å²) in [6.45, 7) is 5.17. The zero-order valence-corrected chi connectivity index (χ0v) is 19.4. The molecule has 33 heavy (non-hydrogen) atoms. The molecule has 2 aromatic rings. The third-order valence-electron chi connectivity index (χ3n) is 4.67.